The van der Waals surface area contributed by atoms with E-state index in [1.54, 1.807) is 0 Å². The smallest absolute Gasteiger partial charge is 0.319 e. The van der Waals surface area contributed by atoms with Crippen LogP contribution in [0.15, 0.2) is 24.3 Å². The van der Waals surface area contributed by atoms with Gasteiger partial charge in [-0.15, -0.1) is 0 Å². The van der Waals surface area contributed by atoms with Gasteiger partial charge in [0.15, 0.2) is 17.5 Å². The van der Waals surface area contributed by atoms with Crippen LogP contribution in [-0.4, -0.2) is 56.7 Å². The number of nitrogens with one attached hydrogen (secondary N) is 1. The Balaban J connectivity index is 1.40. The number of fused-ring (bicyclic) bond motifs is 2. The summed E-state index contributed by atoms with van der Waals surface area (Å²) in [6.45, 7) is 3.13. The van der Waals surface area contributed by atoms with E-state index in [4.69, 9.17) is 4.74 Å². The highest BCUT2D eigenvalue weighted by atomic mass is 19.2. The summed E-state index contributed by atoms with van der Waals surface area (Å²) in [5.41, 5.74) is 0.271. The van der Waals surface area contributed by atoms with Crippen molar-refractivity contribution in [2.24, 2.45) is 0 Å². The number of hydrogen-bond acceptors (Lipinski definition) is 7. The Labute approximate surface area is 216 Å². The number of hydrogen-bond donors (Lipinski definition) is 2. The zero-order valence-corrected chi connectivity index (χ0v) is 20.7. The normalized spacial score (nSPS) is 18.5. The number of halogens is 3. The minimum atomic E-state index is -1.13. The van der Waals surface area contributed by atoms with Crippen LogP contribution in [0.2, 0.25) is 0 Å². The van der Waals surface area contributed by atoms with Crippen molar-refractivity contribution in [1.82, 2.24) is 19.9 Å². The van der Waals surface area contributed by atoms with E-state index in [0.717, 1.165) is 44.8 Å². The van der Waals surface area contributed by atoms with Gasteiger partial charge in [-0.05, 0) is 75.2 Å². The number of aryl methyl sites for hydroxylation is 1. The quantitative estimate of drug-likeness (QED) is 0.376. The maximum absolute atomic E-state index is 16.3. The van der Waals surface area contributed by atoms with E-state index in [1.165, 1.54) is 18.2 Å². The molecular formula is C28H26F3N5O2. The van der Waals surface area contributed by atoms with Crippen molar-refractivity contribution >= 4 is 27.5 Å². The average Bonchev–Trinajstić information content (AvgIpc) is 3.42. The predicted molar refractivity (Wildman–Crippen MR) is 137 cm³/mol. The summed E-state index contributed by atoms with van der Waals surface area (Å²) in [7, 11) is 0. The zero-order chi connectivity index (χ0) is 26.0. The molecule has 4 aromatic rings. The van der Waals surface area contributed by atoms with Crippen molar-refractivity contribution in [3.05, 3.63) is 47.4 Å². The Morgan fingerprint density at radius 1 is 0.974 bits per heavy atom. The molecule has 2 N–H and O–H groups in total. The maximum atomic E-state index is 16.3. The van der Waals surface area contributed by atoms with E-state index < -0.39 is 17.5 Å². The van der Waals surface area contributed by atoms with Gasteiger partial charge in [-0.1, -0.05) is 6.07 Å². The van der Waals surface area contributed by atoms with Crippen molar-refractivity contribution < 1.29 is 23.0 Å². The SMILES string of the molecule is Oc1cc(-c2nc3c4c(nc(OCC56CCCN5CCC6)nc4c2F)NCCC3)c2c(F)c(F)ccc2c1. The largest absolute Gasteiger partial charge is 0.508 e. The molecule has 2 aromatic carbocycles. The van der Waals surface area contributed by atoms with E-state index in [1.807, 2.05) is 0 Å². The third-order valence-electron chi connectivity index (χ3n) is 8.25. The molecule has 0 aliphatic carbocycles. The predicted octanol–water partition coefficient (Wildman–Crippen LogP) is 5.33. The summed E-state index contributed by atoms with van der Waals surface area (Å²) >= 11 is 0. The fourth-order valence-electron chi connectivity index (χ4n) is 6.47. The van der Waals surface area contributed by atoms with Gasteiger partial charge in [-0.2, -0.15) is 9.97 Å². The van der Waals surface area contributed by atoms with Crippen LogP contribution < -0.4 is 10.1 Å². The monoisotopic (exact) mass is 521 g/mol. The fourth-order valence-corrected chi connectivity index (χ4v) is 6.47. The Bertz CT molecular complexity index is 1600. The zero-order valence-electron chi connectivity index (χ0n) is 20.7. The van der Waals surface area contributed by atoms with Gasteiger partial charge in [-0.3, -0.25) is 4.90 Å². The average molecular weight is 522 g/mol. The van der Waals surface area contributed by atoms with Gasteiger partial charge in [0.2, 0.25) is 0 Å². The summed E-state index contributed by atoms with van der Waals surface area (Å²) in [6, 6.07) is 4.89. The third kappa shape index (κ3) is 3.57. The van der Waals surface area contributed by atoms with Crippen LogP contribution in [0.25, 0.3) is 32.9 Å². The van der Waals surface area contributed by atoms with E-state index >= 15 is 4.39 Å². The Morgan fingerprint density at radius 2 is 1.79 bits per heavy atom. The van der Waals surface area contributed by atoms with E-state index in [9.17, 15) is 13.9 Å². The molecule has 7 nitrogen and oxygen atoms in total. The molecule has 0 spiro atoms. The molecular weight excluding hydrogens is 495 g/mol. The van der Waals surface area contributed by atoms with Gasteiger partial charge in [0.05, 0.1) is 16.6 Å². The fraction of sp³-hybridized carbons (Fsp3) is 0.393. The summed E-state index contributed by atoms with van der Waals surface area (Å²) in [5, 5.41) is 14.1. The van der Waals surface area contributed by atoms with Crippen molar-refractivity contribution in [1.29, 1.82) is 0 Å². The molecule has 0 unspecified atom stereocenters. The summed E-state index contributed by atoms with van der Waals surface area (Å²) in [5.74, 6) is -2.77. The first-order valence-electron chi connectivity index (χ1n) is 13.1. The standard InChI is InChI=1S/C28H26F3N5O2/c29-18-6-5-15-12-16(37)13-17(20(15)22(18)30)24-23(31)25-21-19(33-24)4-1-9-32-26(21)35-27(34-25)38-14-28-7-2-10-36(28)11-3-8-28/h5-6,12-13,37H,1-4,7-11,14H2,(H,32,34,35). The number of aromatic hydroxyl groups is 1. The van der Waals surface area contributed by atoms with Crippen LogP contribution >= 0.6 is 0 Å². The highest BCUT2D eigenvalue weighted by molar-refractivity contribution is 6.01. The molecule has 0 radical (unpaired) electrons. The second-order valence-corrected chi connectivity index (χ2v) is 10.5. The van der Waals surface area contributed by atoms with E-state index in [2.05, 4.69) is 25.2 Å². The molecule has 7 rings (SSSR count). The third-order valence-corrected chi connectivity index (χ3v) is 8.25. The summed E-state index contributed by atoms with van der Waals surface area (Å²) in [6.07, 6.45) is 5.56. The number of rotatable bonds is 4. The van der Waals surface area contributed by atoms with E-state index in [0.29, 0.717) is 42.9 Å². The van der Waals surface area contributed by atoms with Crippen molar-refractivity contribution in [2.45, 2.75) is 44.1 Å². The van der Waals surface area contributed by atoms with Crippen LogP contribution in [0.3, 0.4) is 0 Å². The van der Waals surface area contributed by atoms with Gasteiger partial charge in [0.1, 0.15) is 29.4 Å². The van der Waals surface area contributed by atoms with Crippen molar-refractivity contribution in [3.8, 4) is 23.0 Å². The lowest BCUT2D eigenvalue weighted by atomic mass is 9.95. The van der Waals surface area contributed by atoms with Gasteiger partial charge in [-0.25, -0.2) is 18.2 Å². The molecule has 2 saturated heterocycles. The first-order valence-corrected chi connectivity index (χ1v) is 13.1. The number of phenols is 1. The highest BCUT2D eigenvalue weighted by Gasteiger charge is 2.45. The molecule has 10 heteroatoms. The number of benzene rings is 2. The number of anilines is 1. The molecule has 5 heterocycles. The number of phenolic OH excluding ortho intramolecular Hbond substituents is 1. The molecule has 0 amide bonds. The minimum absolute atomic E-state index is 0.0000888. The molecule has 0 saturated carbocycles. The van der Waals surface area contributed by atoms with Crippen molar-refractivity contribution in [3.63, 3.8) is 0 Å². The first kappa shape index (κ1) is 23.5. The number of pyridine rings is 1. The molecule has 196 valence electrons. The Hall–Kier alpha value is -3.66. The highest BCUT2D eigenvalue weighted by Crippen LogP contribution is 2.41. The lowest BCUT2D eigenvalue weighted by Gasteiger charge is -2.31. The molecule has 0 atom stereocenters. The molecule has 0 bridgehead atoms. The lowest BCUT2D eigenvalue weighted by molar-refractivity contribution is 0.108. The van der Waals surface area contributed by atoms with E-state index in [-0.39, 0.29) is 44.8 Å². The van der Waals surface area contributed by atoms with Gasteiger partial charge >= 0.3 is 6.01 Å². The van der Waals surface area contributed by atoms with Gasteiger partial charge in [0, 0.05) is 17.5 Å². The van der Waals surface area contributed by atoms with Gasteiger partial charge in [0.25, 0.3) is 0 Å². The van der Waals surface area contributed by atoms with Crippen molar-refractivity contribution in [2.75, 3.05) is 31.6 Å². The maximum Gasteiger partial charge on any atom is 0.319 e. The van der Waals surface area contributed by atoms with Crippen LogP contribution in [0.4, 0.5) is 19.0 Å². The lowest BCUT2D eigenvalue weighted by Crippen LogP contribution is -2.43. The van der Waals surface area contributed by atoms with Crippen LogP contribution in [0, 0.1) is 17.5 Å². The van der Waals surface area contributed by atoms with Gasteiger partial charge < -0.3 is 15.2 Å². The van der Waals surface area contributed by atoms with Crippen LogP contribution in [-0.2, 0) is 6.42 Å². The number of ether oxygens (including phenoxy) is 1. The van der Waals surface area contributed by atoms with Crippen LogP contribution in [0.1, 0.15) is 37.8 Å². The Morgan fingerprint density at radius 3 is 2.61 bits per heavy atom. The second-order valence-electron chi connectivity index (χ2n) is 10.5. The summed E-state index contributed by atoms with van der Waals surface area (Å²) < 4.78 is 51.6. The molecule has 2 aromatic heterocycles. The topological polar surface area (TPSA) is 83.4 Å². The first-order chi connectivity index (χ1) is 18.4. The molecule has 3 aliphatic heterocycles. The number of aromatic nitrogens is 3. The van der Waals surface area contributed by atoms with Crippen LogP contribution in [0.5, 0.6) is 11.8 Å². The second kappa shape index (κ2) is 8.69. The minimum Gasteiger partial charge on any atom is -0.508 e. The Kier molecular flexibility index (Phi) is 5.36. The summed E-state index contributed by atoms with van der Waals surface area (Å²) in [4.78, 5) is 16.1. The number of nitrogens with zero attached hydrogens (tertiary/aromatic N) is 4. The molecule has 3 aliphatic rings. The molecule has 2 fully saturated rings. The molecule has 38 heavy (non-hydrogen) atoms.